The molecule has 11 heavy (non-hydrogen) atoms. The zero-order valence-corrected chi connectivity index (χ0v) is 6.96. The third kappa shape index (κ3) is 3.34. The summed E-state index contributed by atoms with van der Waals surface area (Å²) >= 11 is 0. The Labute approximate surface area is 66.3 Å². The molecule has 0 aliphatic heterocycles. The molecule has 0 fully saturated rings. The second kappa shape index (κ2) is 4.31. The molecule has 0 aliphatic rings. The average Bonchev–Trinajstić information content (AvgIpc) is 2.00. The number of nitrogens with two attached hydrogens (primary N) is 1. The quantitative estimate of drug-likeness (QED) is 0.553. The van der Waals surface area contributed by atoms with Gasteiger partial charge in [-0.25, -0.2) is 4.79 Å². The lowest BCUT2D eigenvalue weighted by Crippen LogP contribution is -2.49. The minimum absolute atomic E-state index is 0.353. The van der Waals surface area contributed by atoms with Crippen LogP contribution in [0.2, 0.25) is 0 Å². The molecule has 0 amide bonds. The van der Waals surface area contributed by atoms with Gasteiger partial charge in [-0.15, -0.1) is 0 Å². The fraction of sp³-hybridized carbons (Fsp3) is 0.857. The summed E-state index contributed by atoms with van der Waals surface area (Å²) < 4.78 is 4.72. The molecule has 0 spiro atoms. The normalized spacial score (nSPS) is 15.6. The molecule has 0 radical (unpaired) electrons. The van der Waals surface area contributed by atoms with E-state index in [0.29, 0.717) is 6.61 Å². The molecule has 0 bridgehead atoms. The number of aliphatic hydroxyl groups is 1. The lowest BCUT2D eigenvalue weighted by Gasteiger charge is -2.18. The van der Waals surface area contributed by atoms with Crippen molar-refractivity contribution in [1.29, 1.82) is 0 Å². The van der Waals surface area contributed by atoms with Crippen LogP contribution in [0.3, 0.4) is 0 Å². The highest BCUT2D eigenvalue weighted by molar-refractivity contribution is 5.80. The fourth-order valence-electron chi connectivity index (χ4n) is 0.424. The second-order valence-corrected chi connectivity index (χ2v) is 2.71. The van der Waals surface area contributed by atoms with E-state index in [9.17, 15) is 4.79 Å². The summed E-state index contributed by atoms with van der Waals surface area (Å²) in [5, 5.41) is 8.64. The lowest BCUT2D eigenvalue weighted by atomic mass is 10.1. The SMILES string of the molecule is CCCOC(=O)[C@@](C)(N)CO. The molecule has 0 rings (SSSR count). The standard InChI is InChI=1S/C7H15NO3/c1-3-4-11-6(10)7(2,8)5-9/h9H,3-5,8H2,1-2H3/t7-/m0/s1. The largest absolute Gasteiger partial charge is 0.464 e. The Balaban J connectivity index is 3.82. The van der Waals surface area contributed by atoms with Crippen molar-refractivity contribution in [2.75, 3.05) is 13.2 Å². The van der Waals surface area contributed by atoms with Crippen LogP contribution >= 0.6 is 0 Å². The van der Waals surface area contributed by atoms with E-state index in [1.54, 1.807) is 0 Å². The minimum Gasteiger partial charge on any atom is -0.464 e. The van der Waals surface area contributed by atoms with Crippen molar-refractivity contribution in [3.63, 3.8) is 0 Å². The number of hydrogen-bond donors (Lipinski definition) is 2. The highest BCUT2D eigenvalue weighted by Crippen LogP contribution is 2.00. The predicted molar refractivity (Wildman–Crippen MR) is 40.9 cm³/mol. The van der Waals surface area contributed by atoms with E-state index in [-0.39, 0.29) is 0 Å². The van der Waals surface area contributed by atoms with Crippen molar-refractivity contribution in [3.8, 4) is 0 Å². The van der Waals surface area contributed by atoms with Crippen molar-refractivity contribution in [2.45, 2.75) is 25.8 Å². The average molecular weight is 161 g/mol. The van der Waals surface area contributed by atoms with Crippen LogP contribution in [0.25, 0.3) is 0 Å². The Morgan fingerprint density at radius 2 is 2.27 bits per heavy atom. The summed E-state index contributed by atoms with van der Waals surface area (Å²) in [5.41, 5.74) is 4.12. The van der Waals surface area contributed by atoms with Gasteiger partial charge >= 0.3 is 5.97 Å². The smallest absolute Gasteiger partial charge is 0.328 e. The van der Waals surface area contributed by atoms with Crippen LogP contribution < -0.4 is 5.73 Å². The van der Waals surface area contributed by atoms with Crippen molar-refractivity contribution in [3.05, 3.63) is 0 Å². The molecule has 0 aromatic carbocycles. The van der Waals surface area contributed by atoms with E-state index in [1.807, 2.05) is 6.92 Å². The summed E-state index contributed by atoms with van der Waals surface area (Å²) in [5.74, 6) is -0.554. The van der Waals surface area contributed by atoms with Gasteiger partial charge in [0.25, 0.3) is 0 Å². The number of carbonyl (C=O) groups excluding carboxylic acids is 1. The maximum Gasteiger partial charge on any atom is 0.328 e. The van der Waals surface area contributed by atoms with Gasteiger partial charge in [0.1, 0.15) is 5.54 Å². The van der Waals surface area contributed by atoms with E-state index in [0.717, 1.165) is 6.42 Å². The highest BCUT2D eigenvalue weighted by atomic mass is 16.5. The zero-order valence-electron chi connectivity index (χ0n) is 6.96. The molecule has 4 heteroatoms. The molecular formula is C7H15NO3. The van der Waals surface area contributed by atoms with Gasteiger partial charge < -0.3 is 15.6 Å². The Kier molecular flexibility index (Phi) is 4.07. The first kappa shape index (κ1) is 10.4. The van der Waals surface area contributed by atoms with Crippen molar-refractivity contribution >= 4 is 5.97 Å². The molecule has 0 unspecified atom stereocenters. The predicted octanol–water partition coefficient (Wildman–Crippen LogP) is -0.351. The van der Waals surface area contributed by atoms with Gasteiger partial charge in [-0.05, 0) is 13.3 Å². The third-order valence-corrected chi connectivity index (χ3v) is 1.23. The van der Waals surface area contributed by atoms with Gasteiger partial charge in [0.05, 0.1) is 13.2 Å². The number of aliphatic hydroxyl groups excluding tert-OH is 1. The highest BCUT2D eigenvalue weighted by Gasteiger charge is 2.28. The number of hydrogen-bond acceptors (Lipinski definition) is 4. The van der Waals surface area contributed by atoms with E-state index in [4.69, 9.17) is 15.6 Å². The maximum atomic E-state index is 10.9. The maximum absolute atomic E-state index is 10.9. The van der Waals surface area contributed by atoms with Crippen LogP contribution in [0.5, 0.6) is 0 Å². The first-order valence-electron chi connectivity index (χ1n) is 3.61. The van der Waals surface area contributed by atoms with E-state index in [1.165, 1.54) is 6.92 Å². The summed E-state index contributed by atoms with van der Waals surface area (Å²) in [6.45, 7) is 3.28. The van der Waals surface area contributed by atoms with Crippen molar-refractivity contribution in [1.82, 2.24) is 0 Å². The summed E-state index contributed by atoms with van der Waals surface area (Å²) in [6.07, 6.45) is 0.757. The molecule has 3 N–H and O–H groups in total. The van der Waals surface area contributed by atoms with Crippen LogP contribution in [0.1, 0.15) is 20.3 Å². The van der Waals surface area contributed by atoms with Crippen LogP contribution in [-0.4, -0.2) is 29.8 Å². The molecule has 4 nitrogen and oxygen atoms in total. The van der Waals surface area contributed by atoms with Crippen molar-refractivity contribution < 1.29 is 14.6 Å². The van der Waals surface area contributed by atoms with E-state index >= 15 is 0 Å². The Bertz CT molecular complexity index is 134. The number of carbonyl (C=O) groups is 1. The van der Waals surface area contributed by atoms with E-state index < -0.39 is 18.1 Å². The number of rotatable bonds is 4. The molecule has 0 heterocycles. The van der Waals surface area contributed by atoms with Gasteiger partial charge in [-0.2, -0.15) is 0 Å². The van der Waals surface area contributed by atoms with E-state index in [2.05, 4.69) is 0 Å². The zero-order chi connectivity index (χ0) is 8.91. The first-order valence-corrected chi connectivity index (χ1v) is 3.61. The topological polar surface area (TPSA) is 72.5 Å². The number of ether oxygens (including phenoxy) is 1. The lowest BCUT2D eigenvalue weighted by molar-refractivity contribution is -0.150. The molecule has 0 saturated heterocycles. The van der Waals surface area contributed by atoms with Crippen LogP contribution in [0, 0.1) is 0 Å². The Morgan fingerprint density at radius 3 is 2.64 bits per heavy atom. The molecule has 0 aliphatic carbocycles. The first-order chi connectivity index (χ1) is 5.04. The van der Waals surface area contributed by atoms with Crippen LogP contribution in [0.15, 0.2) is 0 Å². The van der Waals surface area contributed by atoms with Crippen LogP contribution in [-0.2, 0) is 9.53 Å². The monoisotopic (exact) mass is 161 g/mol. The summed E-state index contributed by atoms with van der Waals surface area (Å²) in [7, 11) is 0. The Morgan fingerprint density at radius 1 is 1.73 bits per heavy atom. The van der Waals surface area contributed by atoms with Gasteiger partial charge in [-0.3, -0.25) is 0 Å². The molecule has 0 aromatic rings. The second-order valence-electron chi connectivity index (χ2n) is 2.71. The summed E-state index contributed by atoms with van der Waals surface area (Å²) in [4.78, 5) is 10.9. The van der Waals surface area contributed by atoms with Gasteiger partial charge in [0.2, 0.25) is 0 Å². The molecule has 66 valence electrons. The van der Waals surface area contributed by atoms with Crippen LogP contribution in [0.4, 0.5) is 0 Å². The van der Waals surface area contributed by atoms with Gasteiger partial charge in [0, 0.05) is 0 Å². The Hall–Kier alpha value is -0.610. The molecule has 0 aromatic heterocycles. The molecular weight excluding hydrogens is 146 g/mol. The molecule has 0 saturated carbocycles. The fourth-order valence-corrected chi connectivity index (χ4v) is 0.424. The van der Waals surface area contributed by atoms with Crippen molar-refractivity contribution in [2.24, 2.45) is 5.73 Å². The van der Waals surface area contributed by atoms with Gasteiger partial charge in [0.15, 0.2) is 0 Å². The number of esters is 1. The summed E-state index contributed by atoms with van der Waals surface area (Å²) in [6, 6.07) is 0. The third-order valence-electron chi connectivity index (χ3n) is 1.23. The van der Waals surface area contributed by atoms with Gasteiger partial charge in [-0.1, -0.05) is 6.92 Å². The molecule has 1 atom stereocenters. The minimum atomic E-state index is -1.25.